The van der Waals surface area contributed by atoms with Crippen LogP contribution < -0.4 is 5.73 Å². The Hall–Kier alpha value is -1.92. The molecule has 0 aromatic heterocycles. The standard InChI is InChI=1S/C14H15FN2O2S/c1-17(10-11-5-3-2-4-6-11)20(18,19)12-7-8-14(16)13(15)9-12/h2-9H,10,16H2,1H3. The Labute approximate surface area is 117 Å². The third kappa shape index (κ3) is 2.97. The van der Waals surface area contributed by atoms with Gasteiger partial charge in [0.25, 0.3) is 0 Å². The molecule has 0 amide bonds. The highest BCUT2D eigenvalue weighted by molar-refractivity contribution is 7.89. The van der Waals surface area contributed by atoms with Crippen LogP contribution in [0.25, 0.3) is 0 Å². The third-order valence-electron chi connectivity index (χ3n) is 2.93. The van der Waals surface area contributed by atoms with Crippen LogP contribution in [0, 0.1) is 5.82 Å². The van der Waals surface area contributed by atoms with E-state index >= 15 is 0 Å². The number of benzene rings is 2. The SMILES string of the molecule is CN(Cc1ccccc1)S(=O)(=O)c1ccc(N)c(F)c1. The van der Waals surface area contributed by atoms with E-state index in [1.54, 1.807) is 0 Å². The maximum absolute atomic E-state index is 13.4. The zero-order valence-electron chi connectivity index (χ0n) is 11.0. The highest BCUT2D eigenvalue weighted by atomic mass is 32.2. The molecular formula is C14H15FN2O2S. The fourth-order valence-corrected chi connectivity index (χ4v) is 2.95. The maximum Gasteiger partial charge on any atom is 0.243 e. The van der Waals surface area contributed by atoms with Crippen molar-refractivity contribution in [3.05, 3.63) is 59.9 Å². The number of nitrogens with two attached hydrogens (primary N) is 1. The van der Waals surface area contributed by atoms with Gasteiger partial charge in [-0.2, -0.15) is 4.31 Å². The van der Waals surface area contributed by atoms with Gasteiger partial charge in [-0.3, -0.25) is 0 Å². The van der Waals surface area contributed by atoms with Crippen LogP contribution in [-0.2, 0) is 16.6 Å². The minimum absolute atomic E-state index is 0.0744. The number of hydrogen-bond donors (Lipinski definition) is 1. The van der Waals surface area contributed by atoms with Crippen molar-refractivity contribution in [1.82, 2.24) is 4.31 Å². The van der Waals surface area contributed by atoms with Crippen molar-refractivity contribution < 1.29 is 12.8 Å². The van der Waals surface area contributed by atoms with E-state index in [4.69, 9.17) is 5.73 Å². The Morgan fingerprint density at radius 3 is 2.40 bits per heavy atom. The first-order chi connectivity index (χ1) is 9.41. The monoisotopic (exact) mass is 294 g/mol. The molecule has 2 aromatic carbocycles. The number of sulfonamides is 1. The normalized spacial score (nSPS) is 11.8. The number of nitrogen functional groups attached to an aromatic ring is 1. The largest absolute Gasteiger partial charge is 0.396 e. The van der Waals surface area contributed by atoms with Gasteiger partial charge in [0.15, 0.2) is 0 Å². The molecule has 2 N–H and O–H groups in total. The molecule has 0 aliphatic rings. The smallest absolute Gasteiger partial charge is 0.243 e. The average molecular weight is 294 g/mol. The van der Waals surface area contributed by atoms with Gasteiger partial charge >= 0.3 is 0 Å². The summed E-state index contributed by atoms with van der Waals surface area (Å²) in [5, 5.41) is 0. The average Bonchev–Trinajstić information content (AvgIpc) is 2.42. The molecule has 20 heavy (non-hydrogen) atoms. The van der Waals surface area contributed by atoms with Gasteiger partial charge in [0.05, 0.1) is 10.6 Å². The van der Waals surface area contributed by atoms with Crippen LogP contribution in [0.2, 0.25) is 0 Å². The summed E-state index contributed by atoms with van der Waals surface area (Å²) in [6.45, 7) is 0.217. The minimum Gasteiger partial charge on any atom is -0.396 e. The summed E-state index contributed by atoms with van der Waals surface area (Å²) in [6.07, 6.45) is 0. The van der Waals surface area contributed by atoms with Crippen molar-refractivity contribution in [2.45, 2.75) is 11.4 Å². The molecule has 0 unspecified atom stereocenters. The van der Waals surface area contributed by atoms with Crippen molar-refractivity contribution in [2.24, 2.45) is 0 Å². The summed E-state index contributed by atoms with van der Waals surface area (Å²) >= 11 is 0. The van der Waals surface area contributed by atoms with E-state index in [1.807, 2.05) is 30.3 Å². The number of nitrogens with zero attached hydrogens (tertiary/aromatic N) is 1. The van der Waals surface area contributed by atoms with Crippen molar-refractivity contribution in [1.29, 1.82) is 0 Å². The Morgan fingerprint density at radius 1 is 1.15 bits per heavy atom. The molecule has 0 atom stereocenters. The summed E-state index contributed by atoms with van der Waals surface area (Å²) in [4.78, 5) is -0.109. The van der Waals surface area contributed by atoms with Crippen LogP contribution in [0.1, 0.15) is 5.56 Å². The van der Waals surface area contributed by atoms with Gasteiger partial charge in [-0.05, 0) is 23.8 Å². The second-order valence-corrected chi connectivity index (χ2v) is 6.47. The van der Waals surface area contributed by atoms with Crippen molar-refractivity contribution in [3.8, 4) is 0 Å². The lowest BCUT2D eigenvalue weighted by atomic mass is 10.2. The predicted molar refractivity (Wildman–Crippen MR) is 75.9 cm³/mol. The summed E-state index contributed by atoms with van der Waals surface area (Å²) in [7, 11) is -2.28. The number of anilines is 1. The van der Waals surface area contributed by atoms with Gasteiger partial charge in [0.1, 0.15) is 5.82 Å². The lowest BCUT2D eigenvalue weighted by molar-refractivity contribution is 0.466. The Morgan fingerprint density at radius 2 is 1.80 bits per heavy atom. The fraction of sp³-hybridized carbons (Fsp3) is 0.143. The first-order valence-corrected chi connectivity index (χ1v) is 7.40. The van der Waals surface area contributed by atoms with Crippen LogP contribution in [-0.4, -0.2) is 19.8 Å². The number of halogens is 1. The van der Waals surface area contributed by atoms with Crippen LogP contribution in [0.4, 0.5) is 10.1 Å². The van der Waals surface area contributed by atoms with Crippen LogP contribution in [0.15, 0.2) is 53.4 Å². The van der Waals surface area contributed by atoms with Gasteiger partial charge < -0.3 is 5.73 Å². The second-order valence-electron chi connectivity index (χ2n) is 4.43. The molecule has 6 heteroatoms. The zero-order chi connectivity index (χ0) is 14.8. The minimum atomic E-state index is -3.74. The van der Waals surface area contributed by atoms with Crippen LogP contribution >= 0.6 is 0 Å². The van der Waals surface area contributed by atoms with Gasteiger partial charge in [-0.15, -0.1) is 0 Å². The van der Waals surface area contributed by atoms with Crippen molar-refractivity contribution >= 4 is 15.7 Å². The van der Waals surface area contributed by atoms with Crippen molar-refractivity contribution in [3.63, 3.8) is 0 Å². The highest BCUT2D eigenvalue weighted by Gasteiger charge is 2.21. The van der Waals surface area contributed by atoms with E-state index in [0.717, 1.165) is 11.6 Å². The van der Waals surface area contributed by atoms with Gasteiger partial charge in [-0.25, -0.2) is 12.8 Å². The molecule has 0 bridgehead atoms. The highest BCUT2D eigenvalue weighted by Crippen LogP contribution is 2.20. The summed E-state index contributed by atoms with van der Waals surface area (Å²) in [5.41, 5.74) is 6.13. The Bertz CT molecular complexity index is 702. The van der Waals surface area contributed by atoms with Crippen molar-refractivity contribution in [2.75, 3.05) is 12.8 Å². The van der Waals surface area contributed by atoms with E-state index in [9.17, 15) is 12.8 Å². The topological polar surface area (TPSA) is 63.4 Å². The number of rotatable bonds is 4. The molecular weight excluding hydrogens is 279 g/mol. The van der Waals surface area contributed by atoms with E-state index in [2.05, 4.69) is 0 Å². The summed E-state index contributed by atoms with van der Waals surface area (Å²) in [5.74, 6) is -0.737. The van der Waals surface area contributed by atoms with E-state index < -0.39 is 15.8 Å². The van der Waals surface area contributed by atoms with E-state index in [-0.39, 0.29) is 17.1 Å². The van der Waals surface area contributed by atoms with Crippen LogP contribution in [0.5, 0.6) is 0 Å². The van der Waals surface area contributed by atoms with Gasteiger partial charge in [-0.1, -0.05) is 30.3 Å². The second kappa shape index (κ2) is 5.60. The lowest BCUT2D eigenvalue weighted by Gasteiger charge is -2.17. The molecule has 2 rings (SSSR count). The lowest BCUT2D eigenvalue weighted by Crippen LogP contribution is -2.26. The molecule has 0 saturated heterocycles. The molecule has 4 nitrogen and oxygen atoms in total. The Balaban J connectivity index is 2.27. The number of hydrogen-bond acceptors (Lipinski definition) is 3. The molecule has 2 aromatic rings. The molecule has 106 valence electrons. The molecule has 0 fully saturated rings. The molecule has 0 aliphatic heterocycles. The van der Waals surface area contributed by atoms with Gasteiger partial charge in [0.2, 0.25) is 10.0 Å². The first-order valence-electron chi connectivity index (χ1n) is 5.96. The summed E-state index contributed by atoms with van der Waals surface area (Å²) < 4.78 is 39.2. The fourth-order valence-electron chi connectivity index (χ4n) is 1.77. The molecule has 0 saturated carbocycles. The predicted octanol–water partition coefficient (Wildman–Crippen LogP) is 2.23. The van der Waals surface area contributed by atoms with Crippen LogP contribution in [0.3, 0.4) is 0 Å². The molecule has 0 heterocycles. The van der Waals surface area contributed by atoms with E-state index in [1.165, 1.54) is 23.5 Å². The molecule has 0 radical (unpaired) electrons. The Kier molecular flexibility index (Phi) is 4.06. The summed E-state index contributed by atoms with van der Waals surface area (Å²) in [6, 6.07) is 12.7. The zero-order valence-corrected chi connectivity index (χ0v) is 11.8. The van der Waals surface area contributed by atoms with E-state index in [0.29, 0.717) is 0 Å². The first kappa shape index (κ1) is 14.5. The quantitative estimate of drug-likeness (QED) is 0.880. The molecule has 0 aliphatic carbocycles. The third-order valence-corrected chi connectivity index (χ3v) is 4.73. The molecule has 0 spiro atoms. The maximum atomic E-state index is 13.4. The van der Waals surface area contributed by atoms with Gasteiger partial charge in [0, 0.05) is 13.6 Å².